The van der Waals surface area contributed by atoms with Crippen LogP contribution in [-0.2, 0) is 0 Å². The first kappa shape index (κ1) is 14.0. The molecule has 0 aliphatic carbocycles. The van der Waals surface area contributed by atoms with Gasteiger partial charge in [0, 0.05) is 18.2 Å². The predicted octanol–water partition coefficient (Wildman–Crippen LogP) is 3.82. The second kappa shape index (κ2) is 6.65. The van der Waals surface area contributed by atoms with Crippen molar-refractivity contribution in [2.45, 2.75) is 40.2 Å². The molecule has 2 nitrogen and oxygen atoms in total. The molecular weight excluding hydrogens is 210 g/mol. The minimum Gasteiger partial charge on any atom is -0.508 e. The van der Waals surface area contributed by atoms with Crippen molar-refractivity contribution in [3.05, 3.63) is 29.8 Å². The van der Waals surface area contributed by atoms with Gasteiger partial charge in [0.05, 0.1) is 0 Å². The number of phenols is 1. The molecule has 1 rings (SSSR count). The van der Waals surface area contributed by atoms with Crippen molar-refractivity contribution in [2.75, 3.05) is 13.1 Å². The van der Waals surface area contributed by atoms with E-state index in [4.69, 9.17) is 0 Å². The third kappa shape index (κ3) is 3.74. The van der Waals surface area contributed by atoms with E-state index in [1.54, 1.807) is 6.07 Å². The van der Waals surface area contributed by atoms with E-state index in [9.17, 15) is 5.11 Å². The van der Waals surface area contributed by atoms with E-state index in [1.807, 2.05) is 18.2 Å². The third-order valence-electron chi connectivity index (χ3n) is 3.58. The van der Waals surface area contributed by atoms with E-state index in [0.29, 0.717) is 11.7 Å². The zero-order valence-corrected chi connectivity index (χ0v) is 11.5. The molecule has 0 radical (unpaired) electrons. The van der Waals surface area contributed by atoms with Crippen molar-refractivity contribution >= 4 is 0 Å². The highest BCUT2D eigenvalue weighted by Gasteiger charge is 2.18. The summed E-state index contributed by atoms with van der Waals surface area (Å²) in [6.45, 7) is 10.9. The molecule has 0 bridgehead atoms. The quantitative estimate of drug-likeness (QED) is 0.810. The molecule has 96 valence electrons. The second-order valence-electron chi connectivity index (χ2n) is 4.84. The molecular formula is C15H25NO. The van der Waals surface area contributed by atoms with Crippen molar-refractivity contribution in [1.29, 1.82) is 0 Å². The van der Waals surface area contributed by atoms with Gasteiger partial charge in [0.15, 0.2) is 0 Å². The first-order chi connectivity index (χ1) is 8.10. The van der Waals surface area contributed by atoms with E-state index < -0.39 is 0 Å². The minimum atomic E-state index is 0.273. The Labute approximate surface area is 105 Å². The molecule has 1 aromatic carbocycles. The molecule has 2 unspecified atom stereocenters. The van der Waals surface area contributed by atoms with Gasteiger partial charge in [-0.1, -0.05) is 45.4 Å². The van der Waals surface area contributed by atoms with Crippen LogP contribution in [-0.4, -0.2) is 23.1 Å². The lowest BCUT2D eigenvalue weighted by Crippen LogP contribution is -2.31. The monoisotopic (exact) mass is 235 g/mol. The topological polar surface area (TPSA) is 23.5 Å². The molecule has 0 aliphatic rings. The lowest BCUT2D eigenvalue weighted by molar-refractivity contribution is 0.187. The number of hydrogen-bond acceptors (Lipinski definition) is 2. The van der Waals surface area contributed by atoms with E-state index in [0.717, 1.165) is 18.7 Å². The minimum absolute atomic E-state index is 0.273. The maximum Gasteiger partial charge on any atom is 0.120 e. The molecule has 2 atom stereocenters. The summed E-state index contributed by atoms with van der Waals surface area (Å²) in [4.78, 5) is 2.42. The predicted molar refractivity (Wildman–Crippen MR) is 73.2 cm³/mol. The fourth-order valence-corrected chi connectivity index (χ4v) is 2.13. The Morgan fingerprint density at radius 2 is 1.82 bits per heavy atom. The number of phenolic OH excluding ortho intramolecular Hbond substituents is 1. The van der Waals surface area contributed by atoms with Crippen molar-refractivity contribution < 1.29 is 5.11 Å². The summed E-state index contributed by atoms with van der Waals surface area (Å²) in [5, 5.41) is 9.89. The van der Waals surface area contributed by atoms with Crippen molar-refractivity contribution in [3.8, 4) is 5.75 Å². The first-order valence-corrected chi connectivity index (χ1v) is 6.62. The van der Waals surface area contributed by atoms with Gasteiger partial charge in [-0.25, -0.2) is 0 Å². The van der Waals surface area contributed by atoms with Gasteiger partial charge in [-0.05, 0) is 25.5 Å². The van der Waals surface area contributed by atoms with Gasteiger partial charge in [0.25, 0.3) is 0 Å². The number of aromatic hydroxyl groups is 1. The fraction of sp³-hybridized carbons (Fsp3) is 0.600. The van der Waals surface area contributed by atoms with Crippen LogP contribution in [0.1, 0.15) is 45.7 Å². The van der Waals surface area contributed by atoms with Crippen LogP contribution in [0.3, 0.4) is 0 Å². The Kier molecular flexibility index (Phi) is 5.49. The molecule has 0 saturated heterocycles. The van der Waals surface area contributed by atoms with Gasteiger partial charge in [-0.3, -0.25) is 4.90 Å². The summed E-state index contributed by atoms with van der Waals surface area (Å²) in [7, 11) is 0. The normalized spacial score (nSPS) is 14.9. The smallest absolute Gasteiger partial charge is 0.120 e. The highest BCUT2D eigenvalue weighted by molar-refractivity contribution is 5.34. The number of hydrogen-bond donors (Lipinski definition) is 1. The Morgan fingerprint density at radius 1 is 1.18 bits per heavy atom. The summed E-state index contributed by atoms with van der Waals surface area (Å²) in [6.07, 6.45) is 1.20. The van der Waals surface area contributed by atoms with Gasteiger partial charge in [-0.2, -0.15) is 0 Å². The molecule has 0 fully saturated rings. The van der Waals surface area contributed by atoms with Crippen LogP contribution < -0.4 is 0 Å². The van der Waals surface area contributed by atoms with E-state index in [-0.39, 0.29) is 6.04 Å². The second-order valence-corrected chi connectivity index (χ2v) is 4.84. The summed E-state index contributed by atoms with van der Waals surface area (Å²) in [5.41, 5.74) is 1.03. The Morgan fingerprint density at radius 3 is 2.35 bits per heavy atom. The van der Waals surface area contributed by atoms with Crippen LogP contribution in [0.5, 0.6) is 5.75 Å². The highest BCUT2D eigenvalue weighted by atomic mass is 16.3. The Bertz CT molecular complexity index is 337. The molecule has 0 heterocycles. The van der Waals surface area contributed by atoms with Crippen LogP contribution >= 0.6 is 0 Å². The summed E-state index contributed by atoms with van der Waals surface area (Å²) in [5.74, 6) is 1.10. The molecule has 0 aromatic heterocycles. The molecule has 1 aromatic rings. The zero-order chi connectivity index (χ0) is 12.8. The van der Waals surface area contributed by atoms with Crippen LogP contribution in [0, 0.1) is 5.92 Å². The molecule has 2 heteroatoms. The molecule has 17 heavy (non-hydrogen) atoms. The Hall–Kier alpha value is -1.02. The SMILES string of the molecule is CCC(C)CN(CC)C(C)c1ccccc1O. The van der Waals surface area contributed by atoms with Crippen LogP contribution in [0.2, 0.25) is 0 Å². The molecule has 0 aliphatic heterocycles. The lowest BCUT2D eigenvalue weighted by atomic mass is 10.0. The standard InChI is InChI=1S/C15H25NO/c1-5-12(3)11-16(6-2)13(4)14-9-7-8-10-15(14)17/h7-10,12-13,17H,5-6,11H2,1-4H3. The van der Waals surface area contributed by atoms with Gasteiger partial charge >= 0.3 is 0 Å². The van der Waals surface area contributed by atoms with E-state index in [1.165, 1.54) is 6.42 Å². The van der Waals surface area contributed by atoms with E-state index in [2.05, 4.69) is 32.6 Å². The maximum atomic E-state index is 9.89. The average Bonchev–Trinajstić information content (AvgIpc) is 2.35. The third-order valence-corrected chi connectivity index (χ3v) is 3.58. The average molecular weight is 235 g/mol. The summed E-state index contributed by atoms with van der Waals surface area (Å²) >= 11 is 0. The summed E-state index contributed by atoms with van der Waals surface area (Å²) < 4.78 is 0. The zero-order valence-electron chi connectivity index (χ0n) is 11.5. The molecule has 1 N–H and O–H groups in total. The first-order valence-electron chi connectivity index (χ1n) is 6.62. The van der Waals surface area contributed by atoms with Crippen LogP contribution in [0.25, 0.3) is 0 Å². The highest BCUT2D eigenvalue weighted by Crippen LogP contribution is 2.28. The molecule has 0 amide bonds. The number of para-hydroxylation sites is 1. The van der Waals surface area contributed by atoms with Crippen molar-refractivity contribution in [2.24, 2.45) is 5.92 Å². The fourth-order valence-electron chi connectivity index (χ4n) is 2.13. The number of benzene rings is 1. The van der Waals surface area contributed by atoms with Crippen molar-refractivity contribution in [3.63, 3.8) is 0 Å². The van der Waals surface area contributed by atoms with Gasteiger partial charge in [-0.15, -0.1) is 0 Å². The van der Waals surface area contributed by atoms with Crippen LogP contribution in [0.15, 0.2) is 24.3 Å². The number of rotatable bonds is 6. The van der Waals surface area contributed by atoms with Crippen LogP contribution in [0.4, 0.5) is 0 Å². The number of nitrogens with zero attached hydrogens (tertiary/aromatic N) is 1. The van der Waals surface area contributed by atoms with E-state index >= 15 is 0 Å². The van der Waals surface area contributed by atoms with Crippen molar-refractivity contribution in [1.82, 2.24) is 4.90 Å². The lowest BCUT2D eigenvalue weighted by Gasteiger charge is -2.30. The molecule has 0 spiro atoms. The molecule has 0 saturated carbocycles. The summed E-state index contributed by atoms with van der Waals surface area (Å²) in [6, 6.07) is 7.91. The Balaban J connectivity index is 2.79. The van der Waals surface area contributed by atoms with Gasteiger partial charge < -0.3 is 5.11 Å². The maximum absolute atomic E-state index is 9.89. The van der Waals surface area contributed by atoms with Gasteiger partial charge in [0.2, 0.25) is 0 Å². The largest absolute Gasteiger partial charge is 0.508 e. The van der Waals surface area contributed by atoms with Gasteiger partial charge in [0.1, 0.15) is 5.75 Å².